The molecule has 18 heavy (non-hydrogen) atoms. The Bertz CT molecular complexity index is 534. The minimum Gasteiger partial charge on any atom is -0.496 e. The summed E-state index contributed by atoms with van der Waals surface area (Å²) in [4.78, 5) is 0. The molecule has 2 aromatic rings. The lowest BCUT2D eigenvalue weighted by molar-refractivity contribution is 0.407. The second kappa shape index (κ2) is 5.23. The first kappa shape index (κ1) is 12.6. The van der Waals surface area contributed by atoms with Crippen molar-refractivity contribution in [2.45, 2.75) is 12.8 Å². The number of rotatable bonds is 4. The summed E-state index contributed by atoms with van der Waals surface area (Å²) in [6.45, 7) is 2.51. The first-order chi connectivity index (χ1) is 8.67. The summed E-state index contributed by atoms with van der Waals surface area (Å²) in [5.74, 6) is 0.971. The van der Waals surface area contributed by atoms with Gasteiger partial charge < -0.3 is 10.5 Å². The van der Waals surface area contributed by atoms with Crippen molar-refractivity contribution in [2.24, 2.45) is 12.8 Å². The van der Waals surface area contributed by atoms with Crippen LogP contribution in [0.2, 0.25) is 0 Å². The van der Waals surface area contributed by atoms with E-state index >= 15 is 0 Å². The zero-order chi connectivity index (χ0) is 13.1. The summed E-state index contributed by atoms with van der Waals surface area (Å²) in [7, 11) is 3.63. The number of ether oxygens (including phenoxy) is 1. The van der Waals surface area contributed by atoms with Gasteiger partial charge in [0.2, 0.25) is 0 Å². The lowest BCUT2D eigenvalue weighted by Gasteiger charge is -2.18. The SMILES string of the molecule is COc1ccccc1C(CN)c1cc(C)nn1C. The Labute approximate surface area is 107 Å². The van der Waals surface area contributed by atoms with Gasteiger partial charge in [-0.2, -0.15) is 5.10 Å². The van der Waals surface area contributed by atoms with E-state index in [1.165, 1.54) is 0 Å². The van der Waals surface area contributed by atoms with Crippen LogP contribution in [0, 0.1) is 6.92 Å². The molecule has 96 valence electrons. The fourth-order valence-electron chi connectivity index (χ4n) is 2.32. The molecule has 1 unspecified atom stereocenters. The van der Waals surface area contributed by atoms with Crippen LogP contribution in [0.1, 0.15) is 22.9 Å². The Morgan fingerprint density at radius 2 is 2.11 bits per heavy atom. The molecule has 4 nitrogen and oxygen atoms in total. The van der Waals surface area contributed by atoms with E-state index in [-0.39, 0.29) is 5.92 Å². The quantitative estimate of drug-likeness (QED) is 0.894. The van der Waals surface area contributed by atoms with Crippen LogP contribution >= 0.6 is 0 Å². The van der Waals surface area contributed by atoms with Gasteiger partial charge in [0.25, 0.3) is 0 Å². The Balaban J connectivity index is 2.48. The molecule has 4 heteroatoms. The van der Waals surface area contributed by atoms with E-state index in [0.717, 1.165) is 22.7 Å². The van der Waals surface area contributed by atoms with Crippen LogP contribution in [-0.4, -0.2) is 23.4 Å². The second-order valence-corrected chi connectivity index (χ2v) is 4.36. The molecule has 2 rings (SSSR count). The van der Waals surface area contributed by atoms with Crippen molar-refractivity contribution >= 4 is 0 Å². The van der Waals surface area contributed by atoms with Gasteiger partial charge in [-0.15, -0.1) is 0 Å². The Morgan fingerprint density at radius 3 is 2.67 bits per heavy atom. The molecule has 0 aliphatic heterocycles. The van der Waals surface area contributed by atoms with E-state index in [0.29, 0.717) is 6.54 Å². The Morgan fingerprint density at radius 1 is 1.39 bits per heavy atom. The lowest BCUT2D eigenvalue weighted by atomic mass is 9.94. The monoisotopic (exact) mass is 245 g/mol. The van der Waals surface area contributed by atoms with Gasteiger partial charge in [-0.1, -0.05) is 18.2 Å². The summed E-state index contributed by atoms with van der Waals surface area (Å²) in [6.07, 6.45) is 0. The molecule has 0 bridgehead atoms. The molecule has 0 spiro atoms. The molecule has 0 amide bonds. The molecular formula is C14H19N3O. The van der Waals surface area contributed by atoms with Gasteiger partial charge >= 0.3 is 0 Å². The topological polar surface area (TPSA) is 53.1 Å². The maximum Gasteiger partial charge on any atom is 0.122 e. The van der Waals surface area contributed by atoms with Gasteiger partial charge in [-0.25, -0.2) is 0 Å². The molecule has 0 aliphatic rings. The zero-order valence-corrected chi connectivity index (χ0v) is 11.1. The molecule has 1 atom stereocenters. The number of hydrogen-bond acceptors (Lipinski definition) is 3. The van der Waals surface area contributed by atoms with Crippen molar-refractivity contribution in [3.63, 3.8) is 0 Å². The molecule has 1 aromatic carbocycles. The second-order valence-electron chi connectivity index (χ2n) is 4.36. The summed E-state index contributed by atoms with van der Waals surface area (Å²) >= 11 is 0. The third-order valence-corrected chi connectivity index (χ3v) is 3.15. The van der Waals surface area contributed by atoms with Crippen LogP contribution in [0.25, 0.3) is 0 Å². The molecule has 0 aliphatic carbocycles. The third-order valence-electron chi connectivity index (χ3n) is 3.15. The van der Waals surface area contributed by atoms with E-state index in [1.54, 1.807) is 7.11 Å². The van der Waals surface area contributed by atoms with Crippen molar-refractivity contribution in [3.8, 4) is 5.75 Å². The van der Waals surface area contributed by atoms with E-state index in [9.17, 15) is 0 Å². The molecule has 1 heterocycles. The van der Waals surface area contributed by atoms with E-state index < -0.39 is 0 Å². The van der Waals surface area contributed by atoms with Gasteiger partial charge in [0, 0.05) is 30.8 Å². The molecular weight excluding hydrogens is 226 g/mol. The third kappa shape index (κ3) is 2.24. The van der Waals surface area contributed by atoms with Crippen LogP contribution in [0.15, 0.2) is 30.3 Å². The van der Waals surface area contributed by atoms with Gasteiger partial charge in [0.1, 0.15) is 5.75 Å². The molecule has 0 saturated heterocycles. The highest BCUT2D eigenvalue weighted by molar-refractivity contribution is 5.41. The number of methoxy groups -OCH3 is 1. The average Bonchev–Trinajstić information content (AvgIpc) is 2.70. The molecule has 2 N–H and O–H groups in total. The van der Waals surface area contributed by atoms with Crippen LogP contribution in [0.4, 0.5) is 0 Å². The van der Waals surface area contributed by atoms with E-state index in [2.05, 4.69) is 17.2 Å². The normalized spacial score (nSPS) is 12.4. The van der Waals surface area contributed by atoms with Crippen molar-refractivity contribution in [3.05, 3.63) is 47.3 Å². The van der Waals surface area contributed by atoms with Crippen molar-refractivity contribution in [1.82, 2.24) is 9.78 Å². The van der Waals surface area contributed by atoms with Crippen LogP contribution in [-0.2, 0) is 7.05 Å². The van der Waals surface area contributed by atoms with Crippen molar-refractivity contribution in [2.75, 3.05) is 13.7 Å². The highest BCUT2D eigenvalue weighted by atomic mass is 16.5. The standard InChI is InChI=1S/C14H19N3O/c1-10-8-13(17(2)16-10)12(9-15)11-6-4-5-7-14(11)18-3/h4-8,12H,9,15H2,1-3H3. The van der Waals surface area contributed by atoms with E-state index in [4.69, 9.17) is 10.5 Å². The van der Waals surface area contributed by atoms with E-state index in [1.807, 2.05) is 36.9 Å². The van der Waals surface area contributed by atoms with Crippen LogP contribution in [0.3, 0.4) is 0 Å². The molecule has 0 fully saturated rings. The number of aromatic nitrogens is 2. The number of nitrogens with two attached hydrogens (primary N) is 1. The van der Waals surface area contributed by atoms with Gasteiger partial charge in [0.15, 0.2) is 0 Å². The fraction of sp³-hybridized carbons (Fsp3) is 0.357. The fourth-order valence-corrected chi connectivity index (χ4v) is 2.32. The summed E-state index contributed by atoms with van der Waals surface area (Å²) < 4.78 is 7.30. The number of nitrogens with zero attached hydrogens (tertiary/aromatic N) is 2. The van der Waals surface area contributed by atoms with Gasteiger partial charge in [0.05, 0.1) is 12.8 Å². The number of hydrogen-bond donors (Lipinski definition) is 1. The first-order valence-electron chi connectivity index (χ1n) is 6.01. The summed E-state index contributed by atoms with van der Waals surface area (Å²) in [6, 6.07) is 10.1. The largest absolute Gasteiger partial charge is 0.496 e. The summed E-state index contributed by atoms with van der Waals surface area (Å²) in [5.41, 5.74) is 9.16. The smallest absolute Gasteiger partial charge is 0.122 e. The Kier molecular flexibility index (Phi) is 3.67. The predicted molar refractivity (Wildman–Crippen MR) is 71.8 cm³/mol. The number of benzene rings is 1. The molecule has 1 aromatic heterocycles. The van der Waals surface area contributed by atoms with Crippen LogP contribution < -0.4 is 10.5 Å². The minimum absolute atomic E-state index is 0.104. The predicted octanol–water partition coefficient (Wildman–Crippen LogP) is 1.83. The minimum atomic E-state index is 0.104. The highest BCUT2D eigenvalue weighted by Gasteiger charge is 2.20. The molecule has 0 radical (unpaired) electrons. The first-order valence-corrected chi connectivity index (χ1v) is 6.01. The Hall–Kier alpha value is -1.81. The lowest BCUT2D eigenvalue weighted by Crippen LogP contribution is -2.17. The van der Waals surface area contributed by atoms with Gasteiger partial charge in [-0.3, -0.25) is 4.68 Å². The number of para-hydroxylation sites is 1. The zero-order valence-electron chi connectivity index (χ0n) is 11.1. The van der Waals surface area contributed by atoms with Crippen LogP contribution in [0.5, 0.6) is 5.75 Å². The maximum absolute atomic E-state index is 5.94. The molecule has 0 saturated carbocycles. The van der Waals surface area contributed by atoms with Gasteiger partial charge in [-0.05, 0) is 19.1 Å². The van der Waals surface area contributed by atoms with Crippen molar-refractivity contribution < 1.29 is 4.74 Å². The maximum atomic E-state index is 5.94. The average molecular weight is 245 g/mol. The highest BCUT2D eigenvalue weighted by Crippen LogP contribution is 2.30. The van der Waals surface area contributed by atoms with Crippen molar-refractivity contribution in [1.29, 1.82) is 0 Å². The summed E-state index contributed by atoms with van der Waals surface area (Å²) in [5, 5.41) is 4.38. The number of aryl methyl sites for hydroxylation is 2.